The quantitative estimate of drug-likeness (QED) is 0.787. The molecule has 3 N–H and O–H groups in total. The first-order chi connectivity index (χ1) is 9.90. The van der Waals surface area contributed by atoms with E-state index in [2.05, 4.69) is 5.32 Å². The number of benzene rings is 1. The molecule has 1 aliphatic rings. The molecule has 0 aromatic heterocycles. The average molecular weight is 307 g/mol. The SMILES string of the molecule is CC(=O)SCC1NC(=O)N(c2ccc(C(N)=O)cc2)C1=O. The first-order valence-corrected chi connectivity index (χ1v) is 7.06. The van der Waals surface area contributed by atoms with Gasteiger partial charge in [-0.1, -0.05) is 11.8 Å². The second-order valence-corrected chi connectivity index (χ2v) is 5.59. The van der Waals surface area contributed by atoms with Gasteiger partial charge >= 0.3 is 6.03 Å². The van der Waals surface area contributed by atoms with E-state index in [1.54, 1.807) is 0 Å². The summed E-state index contributed by atoms with van der Waals surface area (Å²) < 4.78 is 0. The smallest absolute Gasteiger partial charge is 0.329 e. The van der Waals surface area contributed by atoms with E-state index in [0.717, 1.165) is 16.7 Å². The van der Waals surface area contributed by atoms with Crippen LogP contribution in [0.3, 0.4) is 0 Å². The highest BCUT2D eigenvalue weighted by molar-refractivity contribution is 8.13. The van der Waals surface area contributed by atoms with Crippen molar-refractivity contribution in [2.24, 2.45) is 5.73 Å². The van der Waals surface area contributed by atoms with Crippen molar-refractivity contribution in [1.29, 1.82) is 0 Å². The summed E-state index contributed by atoms with van der Waals surface area (Å²) in [6.45, 7) is 1.40. The Balaban J connectivity index is 2.16. The van der Waals surface area contributed by atoms with Gasteiger partial charge in [-0.2, -0.15) is 0 Å². The number of carbonyl (C=O) groups is 4. The van der Waals surface area contributed by atoms with Crippen LogP contribution in [0.1, 0.15) is 17.3 Å². The normalized spacial score (nSPS) is 17.8. The Morgan fingerprint density at radius 3 is 2.43 bits per heavy atom. The first-order valence-electron chi connectivity index (χ1n) is 6.08. The summed E-state index contributed by atoms with van der Waals surface area (Å²) in [5.41, 5.74) is 5.76. The van der Waals surface area contributed by atoms with Crippen LogP contribution < -0.4 is 16.0 Å². The van der Waals surface area contributed by atoms with Crippen molar-refractivity contribution in [2.45, 2.75) is 13.0 Å². The van der Waals surface area contributed by atoms with Crippen LogP contribution in [0, 0.1) is 0 Å². The van der Waals surface area contributed by atoms with Gasteiger partial charge in [-0.05, 0) is 24.3 Å². The molecule has 0 aliphatic carbocycles. The van der Waals surface area contributed by atoms with Gasteiger partial charge in [0.25, 0.3) is 5.91 Å². The fourth-order valence-corrected chi connectivity index (χ4v) is 2.49. The van der Waals surface area contributed by atoms with Crippen molar-refractivity contribution in [3.8, 4) is 0 Å². The zero-order valence-corrected chi connectivity index (χ0v) is 12.0. The summed E-state index contributed by atoms with van der Waals surface area (Å²) >= 11 is 0.976. The van der Waals surface area contributed by atoms with Crippen LogP contribution in [0.5, 0.6) is 0 Å². The molecule has 1 aromatic carbocycles. The molecule has 8 heteroatoms. The maximum Gasteiger partial charge on any atom is 0.329 e. The summed E-state index contributed by atoms with van der Waals surface area (Å²) in [5, 5.41) is 2.39. The molecule has 4 amide bonds. The minimum Gasteiger partial charge on any atom is -0.366 e. The van der Waals surface area contributed by atoms with Gasteiger partial charge in [0.2, 0.25) is 5.91 Å². The van der Waals surface area contributed by atoms with Crippen LogP contribution >= 0.6 is 11.8 Å². The number of urea groups is 1. The van der Waals surface area contributed by atoms with E-state index in [1.165, 1.54) is 31.2 Å². The highest BCUT2D eigenvalue weighted by atomic mass is 32.2. The Bertz CT molecular complexity index is 614. The zero-order chi connectivity index (χ0) is 15.6. The lowest BCUT2D eigenvalue weighted by molar-refractivity contribution is -0.117. The van der Waals surface area contributed by atoms with E-state index < -0.39 is 23.9 Å². The minimum atomic E-state index is -0.734. The number of amides is 4. The molecule has 0 bridgehead atoms. The van der Waals surface area contributed by atoms with Crippen molar-refractivity contribution >= 4 is 40.4 Å². The minimum absolute atomic E-state index is 0.124. The summed E-state index contributed by atoms with van der Waals surface area (Å²) in [6.07, 6.45) is 0. The number of nitrogens with zero attached hydrogens (tertiary/aromatic N) is 1. The largest absolute Gasteiger partial charge is 0.366 e. The summed E-state index contributed by atoms with van der Waals surface area (Å²) in [5.74, 6) is -0.828. The molecule has 1 unspecified atom stereocenters. The maximum atomic E-state index is 12.2. The molecule has 0 radical (unpaired) electrons. The standard InChI is InChI=1S/C13H13N3O4S/c1-7(17)21-6-10-12(19)16(13(20)15-10)9-4-2-8(3-5-9)11(14)18/h2-5,10H,6H2,1H3,(H2,14,18)(H,15,20). The number of anilines is 1. The topological polar surface area (TPSA) is 110 Å². The van der Waals surface area contributed by atoms with E-state index in [9.17, 15) is 19.2 Å². The molecule has 1 saturated heterocycles. The monoisotopic (exact) mass is 307 g/mol. The predicted octanol–water partition coefficient (Wildman–Crippen LogP) is 0.490. The van der Waals surface area contributed by atoms with Crippen LogP contribution in [-0.4, -0.2) is 34.8 Å². The Hall–Kier alpha value is -2.35. The third-order valence-electron chi connectivity index (χ3n) is 2.88. The molecular weight excluding hydrogens is 294 g/mol. The molecule has 2 rings (SSSR count). The van der Waals surface area contributed by atoms with E-state index in [0.29, 0.717) is 5.69 Å². The van der Waals surface area contributed by atoms with Crippen molar-refractivity contribution in [1.82, 2.24) is 5.32 Å². The van der Waals surface area contributed by atoms with E-state index in [-0.39, 0.29) is 16.4 Å². The number of primary amides is 1. The lowest BCUT2D eigenvalue weighted by Crippen LogP contribution is -2.32. The van der Waals surface area contributed by atoms with Gasteiger partial charge in [0.15, 0.2) is 5.12 Å². The molecule has 1 atom stereocenters. The van der Waals surface area contributed by atoms with Gasteiger partial charge in [-0.3, -0.25) is 14.4 Å². The van der Waals surface area contributed by atoms with E-state index >= 15 is 0 Å². The maximum absolute atomic E-state index is 12.2. The average Bonchev–Trinajstić information content (AvgIpc) is 2.71. The number of carbonyl (C=O) groups excluding carboxylic acids is 4. The van der Waals surface area contributed by atoms with Crippen LogP contribution in [0.15, 0.2) is 24.3 Å². The Morgan fingerprint density at radius 1 is 1.29 bits per heavy atom. The van der Waals surface area contributed by atoms with Gasteiger partial charge in [0.1, 0.15) is 6.04 Å². The number of hydrogen-bond acceptors (Lipinski definition) is 5. The second-order valence-electron chi connectivity index (χ2n) is 4.39. The highest BCUT2D eigenvalue weighted by Crippen LogP contribution is 2.21. The summed E-state index contributed by atoms with van der Waals surface area (Å²) in [4.78, 5) is 46.9. The van der Waals surface area contributed by atoms with Crippen LogP contribution in [-0.2, 0) is 9.59 Å². The van der Waals surface area contributed by atoms with Crippen LogP contribution in [0.25, 0.3) is 0 Å². The molecule has 7 nitrogen and oxygen atoms in total. The van der Waals surface area contributed by atoms with Crippen molar-refractivity contribution < 1.29 is 19.2 Å². The van der Waals surface area contributed by atoms with Crippen molar-refractivity contribution in [2.75, 3.05) is 10.7 Å². The van der Waals surface area contributed by atoms with Crippen LogP contribution in [0.4, 0.5) is 10.5 Å². The fourth-order valence-electron chi connectivity index (χ4n) is 1.86. The number of rotatable bonds is 4. The third kappa shape index (κ3) is 3.22. The molecule has 21 heavy (non-hydrogen) atoms. The molecule has 0 spiro atoms. The molecule has 110 valence electrons. The number of nitrogens with one attached hydrogen (secondary N) is 1. The van der Waals surface area contributed by atoms with Gasteiger partial charge in [-0.25, -0.2) is 9.69 Å². The predicted molar refractivity (Wildman–Crippen MR) is 77.9 cm³/mol. The zero-order valence-electron chi connectivity index (χ0n) is 11.2. The Morgan fingerprint density at radius 2 is 1.90 bits per heavy atom. The van der Waals surface area contributed by atoms with Crippen molar-refractivity contribution in [3.05, 3.63) is 29.8 Å². The van der Waals surface area contributed by atoms with Gasteiger partial charge in [-0.15, -0.1) is 0 Å². The van der Waals surface area contributed by atoms with E-state index in [1.807, 2.05) is 0 Å². The lowest BCUT2D eigenvalue weighted by Gasteiger charge is -2.13. The number of hydrogen-bond donors (Lipinski definition) is 2. The number of thioether (sulfide) groups is 1. The van der Waals surface area contributed by atoms with Crippen LogP contribution in [0.2, 0.25) is 0 Å². The molecular formula is C13H13N3O4S. The molecule has 0 saturated carbocycles. The first kappa shape index (κ1) is 15.0. The Kier molecular flexibility index (Phi) is 4.27. The summed E-state index contributed by atoms with van der Waals surface area (Å²) in [7, 11) is 0. The second kappa shape index (κ2) is 5.96. The highest BCUT2D eigenvalue weighted by Gasteiger charge is 2.39. The van der Waals surface area contributed by atoms with Gasteiger partial charge < -0.3 is 11.1 Å². The number of imide groups is 1. The number of nitrogens with two attached hydrogens (primary N) is 1. The molecule has 1 heterocycles. The fraction of sp³-hybridized carbons (Fsp3) is 0.231. The molecule has 1 aromatic rings. The third-order valence-corrected chi connectivity index (χ3v) is 3.79. The van der Waals surface area contributed by atoms with Gasteiger partial charge in [0.05, 0.1) is 5.69 Å². The Labute approximate surface area is 124 Å². The molecule has 1 aliphatic heterocycles. The summed E-state index contributed by atoms with van der Waals surface area (Å²) in [6, 6.07) is 4.53. The van der Waals surface area contributed by atoms with E-state index in [4.69, 9.17) is 5.73 Å². The lowest BCUT2D eigenvalue weighted by atomic mass is 10.2. The van der Waals surface area contributed by atoms with Gasteiger partial charge in [0, 0.05) is 18.2 Å². The molecule has 1 fully saturated rings. The van der Waals surface area contributed by atoms with Crippen molar-refractivity contribution in [3.63, 3.8) is 0 Å².